The fraction of sp³-hybridized carbons (Fsp3) is 0.0588. The molecule has 0 unspecified atom stereocenters. The largest absolute Gasteiger partial charge is 0.378 e. The minimum atomic E-state index is -4.14. The molecule has 0 fully saturated rings. The first-order valence-electron chi connectivity index (χ1n) is 7.22. The maximum Gasteiger partial charge on any atom is 0.339 e. The van der Waals surface area contributed by atoms with Gasteiger partial charge in [-0.05, 0) is 48.5 Å². The lowest BCUT2D eigenvalue weighted by Gasteiger charge is -2.12. The van der Waals surface area contributed by atoms with Crippen LogP contribution in [0.15, 0.2) is 59.6 Å². The number of fused-ring (bicyclic) bond motifs is 1. The highest BCUT2D eigenvalue weighted by Gasteiger charge is 2.19. The summed E-state index contributed by atoms with van der Waals surface area (Å²) in [5.41, 5.74) is 0.833. The maximum atomic E-state index is 13.0. The molecule has 1 aromatic heterocycles. The van der Waals surface area contributed by atoms with Gasteiger partial charge in [-0.2, -0.15) is 8.42 Å². The molecule has 0 aliphatic heterocycles. The third-order valence-corrected chi connectivity index (χ3v) is 4.59. The van der Waals surface area contributed by atoms with Gasteiger partial charge in [0.05, 0.1) is 11.2 Å². The molecular weight excluding hydrogens is 347 g/mol. The summed E-state index contributed by atoms with van der Waals surface area (Å²) in [4.78, 5) is 15.3. The number of benzene rings is 2. The highest BCUT2D eigenvalue weighted by Crippen LogP contribution is 2.32. The summed E-state index contributed by atoms with van der Waals surface area (Å²) in [7, 11) is -4.14. The Morgan fingerprint density at radius 3 is 2.52 bits per heavy atom. The van der Waals surface area contributed by atoms with Crippen LogP contribution < -0.4 is 9.50 Å². The Kier molecular flexibility index (Phi) is 4.37. The molecule has 0 aliphatic rings. The third-order valence-electron chi connectivity index (χ3n) is 3.34. The van der Waals surface area contributed by atoms with Gasteiger partial charge in [0.1, 0.15) is 10.7 Å². The van der Waals surface area contributed by atoms with Gasteiger partial charge in [0.2, 0.25) is 5.91 Å². The van der Waals surface area contributed by atoms with Crippen molar-refractivity contribution in [3.63, 3.8) is 0 Å². The predicted octanol–water partition coefficient (Wildman–Crippen LogP) is 3.10. The molecule has 128 valence electrons. The summed E-state index contributed by atoms with van der Waals surface area (Å²) < 4.78 is 42.9. The van der Waals surface area contributed by atoms with Crippen LogP contribution in [-0.2, 0) is 14.9 Å². The zero-order valence-corrected chi connectivity index (χ0v) is 13.9. The average molecular weight is 360 g/mol. The summed E-state index contributed by atoms with van der Waals surface area (Å²) >= 11 is 0. The molecule has 1 N–H and O–H groups in total. The smallest absolute Gasteiger partial charge is 0.339 e. The van der Waals surface area contributed by atoms with Crippen molar-refractivity contribution in [2.45, 2.75) is 11.8 Å². The van der Waals surface area contributed by atoms with Gasteiger partial charge in [-0.15, -0.1) is 0 Å². The highest BCUT2D eigenvalue weighted by molar-refractivity contribution is 7.87. The summed E-state index contributed by atoms with van der Waals surface area (Å²) in [6, 6.07) is 10.5. The van der Waals surface area contributed by atoms with Gasteiger partial charge in [-0.25, -0.2) is 4.39 Å². The van der Waals surface area contributed by atoms with Crippen molar-refractivity contribution in [2.24, 2.45) is 0 Å². The molecular formula is C17H13FN2O4S. The first-order valence-corrected chi connectivity index (χ1v) is 8.63. The van der Waals surface area contributed by atoms with Gasteiger partial charge in [-0.1, -0.05) is 0 Å². The molecule has 0 atom stereocenters. The monoisotopic (exact) mass is 360 g/mol. The molecule has 0 bridgehead atoms. The molecule has 0 saturated heterocycles. The Morgan fingerprint density at radius 2 is 1.84 bits per heavy atom. The number of hydrogen-bond donors (Lipinski definition) is 1. The second-order valence-corrected chi connectivity index (χ2v) is 6.73. The van der Waals surface area contributed by atoms with E-state index in [0.29, 0.717) is 16.6 Å². The van der Waals surface area contributed by atoms with Gasteiger partial charge in [0, 0.05) is 18.5 Å². The number of anilines is 1. The third kappa shape index (κ3) is 3.58. The van der Waals surface area contributed by atoms with E-state index in [9.17, 15) is 17.6 Å². The second-order valence-electron chi connectivity index (χ2n) is 5.18. The molecule has 0 spiro atoms. The topological polar surface area (TPSA) is 85.4 Å². The van der Waals surface area contributed by atoms with E-state index >= 15 is 0 Å². The number of carbonyl (C=O) groups is 1. The van der Waals surface area contributed by atoms with Crippen molar-refractivity contribution in [1.29, 1.82) is 0 Å². The van der Waals surface area contributed by atoms with Crippen LogP contribution in [-0.4, -0.2) is 19.3 Å². The normalized spacial score (nSPS) is 11.3. The van der Waals surface area contributed by atoms with Crippen LogP contribution in [0.25, 0.3) is 10.9 Å². The number of nitrogens with one attached hydrogen (secondary N) is 1. The van der Waals surface area contributed by atoms with Crippen molar-refractivity contribution in [3.8, 4) is 5.75 Å². The van der Waals surface area contributed by atoms with E-state index in [1.165, 1.54) is 25.3 Å². The highest BCUT2D eigenvalue weighted by atomic mass is 32.2. The number of nitrogens with zero attached hydrogens (tertiary/aromatic N) is 1. The van der Waals surface area contributed by atoms with E-state index in [1.54, 1.807) is 12.1 Å². The van der Waals surface area contributed by atoms with Crippen LogP contribution in [0.4, 0.5) is 10.1 Å². The molecule has 0 saturated carbocycles. The SMILES string of the molecule is CC(=O)Nc1ccc(OS(=O)(=O)c2ccc(F)cc2)c2cccnc12. The number of rotatable bonds is 4. The fourth-order valence-electron chi connectivity index (χ4n) is 2.28. The number of amides is 1. The second kappa shape index (κ2) is 6.48. The standard InChI is InChI=1S/C17H13FN2O4S/c1-11(21)20-15-8-9-16(14-3-2-10-19-17(14)15)24-25(22,23)13-6-4-12(18)5-7-13/h2-10H,1H3,(H,20,21). The molecule has 3 aromatic rings. The van der Waals surface area contributed by atoms with Gasteiger partial charge in [0.25, 0.3) is 0 Å². The van der Waals surface area contributed by atoms with E-state index < -0.39 is 15.9 Å². The number of pyridine rings is 1. The van der Waals surface area contributed by atoms with Crippen molar-refractivity contribution in [1.82, 2.24) is 4.98 Å². The van der Waals surface area contributed by atoms with E-state index in [1.807, 2.05) is 0 Å². The molecule has 6 nitrogen and oxygen atoms in total. The van der Waals surface area contributed by atoms with Gasteiger partial charge < -0.3 is 9.50 Å². The minimum absolute atomic E-state index is 0.0570. The number of halogens is 1. The van der Waals surface area contributed by atoms with E-state index in [4.69, 9.17) is 4.18 Å². The number of hydrogen-bond acceptors (Lipinski definition) is 5. The average Bonchev–Trinajstić information content (AvgIpc) is 2.57. The summed E-state index contributed by atoms with van der Waals surface area (Å²) in [5, 5.41) is 3.04. The van der Waals surface area contributed by atoms with E-state index in [-0.39, 0.29) is 16.6 Å². The van der Waals surface area contributed by atoms with Crippen molar-refractivity contribution in [3.05, 3.63) is 60.5 Å². The summed E-state index contributed by atoms with van der Waals surface area (Å²) in [6.07, 6.45) is 1.52. The van der Waals surface area contributed by atoms with Crippen LogP contribution in [0, 0.1) is 5.82 Å². The van der Waals surface area contributed by atoms with Crippen LogP contribution in [0.3, 0.4) is 0 Å². The van der Waals surface area contributed by atoms with Gasteiger partial charge >= 0.3 is 10.1 Å². The van der Waals surface area contributed by atoms with Crippen molar-refractivity contribution in [2.75, 3.05) is 5.32 Å². The van der Waals surface area contributed by atoms with Crippen LogP contribution in [0.5, 0.6) is 5.75 Å². The molecule has 0 aliphatic carbocycles. The Labute approximate surface area is 143 Å². The lowest BCUT2D eigenvalue weighted by atomic mass is 10.1. The first kappa shape index (κ1) is 16.8. The molecule has 3 rings (SSSR count). The minimum Gasteiger partial charge on any atom is -0.378 e. The zero-order valence-electron chi connectivity index (χ0n) is 13.1. The Morgan fingerprint density at radius 1 is 1.12 bits per heavy atom. The molecule has 2 aromatic carbocycles. The molecule has 1 amide bonds. The lowest BCUT2D eigenvalue weighted by molar-refractivity contribution is -0.114. The summed E-state index contributed by atoms with van der Waals surface area (Å²) in [5.74, 6) is -0.769. The van der Waals surface area contributed by atoms with Gasteiger partial charge in [-0.3, -0.25) is 9.78 Å². The van der Waals surface area contributed by atoms with Crippen LogP contribution in [0.1, 0.15) is 6.92 Å². The quantitative estimate of drug-likeness (QED) is 0.723. The fourth-order valence-corrected chi connectivity index (χ4v) is 3.22. The maximum absolute atomic E-state index is 13.0. The van der Waals surface area contributed by atoms with E-state index in [0.717, 1.165) is 24.3 Å². The first-order chi connectivity index (χ1) is 11.9. The van der Waals surface area contributed by atoms with E-state index in [2.05, 4.69) is 10.3 Å². The predicted molar refractivity (Wildman–Crippen MR) is 90.3 cm³/mol. The van der Waals surface area contributed by atoms with Crippen molar-refractivity contribution >= 4 is 32.6 Å². The van der Waals surface area contributed by atoms with Crippen LogP contribution >= 0.6 is 0 Å². The zero-order chi connectivity index (χ0) is 18.0. The van der Waals surface area contributed by atoms with Crippen molar-refractivity contribution < 1.29 is 21.8 Å². The Hall–Kier alpha value is -3.00. The lowest BCUT2D eigenvalue weighted by Crippen LogP contribution is -2.11. The molecule has 8 heteroatoms. The molecule has 1 heterocycles. The van der Waals surface area contributed by atoms with Gasteiger partial charge in [0.15, 0.2) is 5.75 Å². The number of aromatic nitrogens is 1. The number of carbonyl (C=O) groups excluding carboxylic acids is 1. The molecule has 0 radical (unpaired) electrons. The van der Waals surface area contributed by atoms with Crippen LogP contribution in [0.2, 0.25) is 0 Å². The Balaban J connectivity index is 2.05. The molecule has 25 heavy (non-hydrogen) atoms. The summed E-state index contributed by atoms with van der Waals surface area (Å²) in [6.45, 7) is 1.36. The Bertz CT molecular complexity index is 1050.